The van der Waals surface area contributed by atoms with Crippen LogP contribution >= 0.6 is 12.4 Å². The summed E-state index contributed by atoms with van der Waals surface area (Å²) in [7, 11) is -3.16. The van der Waals surface area contributed by atoms with Crippen LogP contribution in [0.4, 0.5) is 0 Å². The summed E-state index contributed by atoms with van der Waals surface area (Å²) in [6, 6.07) is 0. The van der Waals surface area contributed by atoms with Crippen molar-refractivity contribution in [3.8, 4) is 0 Å². The fourth-order valence-electron chi connectivity index (χ4n) is 1.73. The lowest BCUT2D eigenvalue weighted by Gasteiger charge is -2.22. The van der Waals surface area contributed by atoms with Crippen molar-refractivity contribution in [2.24, 2.45) is 5.92 Å². The van der Waals surface area contributed by atoms with Crippen molar-refractivity contribution in [3.05, 3.63) is 0 Å². The Balaban J connectivity index is 0.00000256. The molecule has 1 atom stereocenters. The average Bonchev–Trinajstić information content (AvgIpc) is 2.28. The van der Waals surface area contributed by atoms with Crippen LogP contribution in [0.25, 0.3) is 0 Å². The molecule has 0 aliphatic carbocycles. The van der Waals surface area contributed by atoms with E-state index in [1.807, 2.05) is 6.92 Å². The van der Waals surface area contributed by atoms with Crippen LogP contribution in [0, 0.1) is 5.92 Å². The number of sulfonamides is 1. The fraction of sp³-hybridized carbons (Fsp3) is 1.00. The van der Waals surface area contributed by atoms with Gasteiger partial charge in [-0.2, -0.15) is 0 Å². The van der Waals surface area contributed by atoms with Crippen molar-refractivity contribution >= 4 is 22.4 Å². The first-order valence-electron chi connectivity index (χ1n) is 5.90. The van der Waals surface area contributed by atoms with E-state index in [-0.39, 0.29) is 24.8 Å². The first kappa shape index (κ1) is 17.1. The predicted octanol–water partition coefficient (Wildman–Crippen LogP) is 0.364. The van der Waals surface area contributed by atoms with Crippen LogP contribution in [-0.4, -0.2) is 47.0 Å². The van der Waals surface area contributed by atoms with E-state index in [9.17, 15) is 8.42 Å². The highest BCUT2D eigenvalue weighted by Gasteiger charge is 2.16. The van der Waals surface area contributed by atoms with Gasteiger partial charge in [-0.05, 0) is 38.8 Å². The summed E-state index contributed by atoms with van der Waals surface area (Å²) in [5.74, 6) is 0.483. The molecule has 1 rings (SSSR count). The zero-order valence-electron chi connectivity index (χ0n) is 10.3. The molecule has 2 N–H and O–H groups in total. The first-order valence-corrected chi connectivity index (χ1v) is 7.55. The van der Waals surface area contributed by atoms with Gasteiger partial charge in [0.25, 0.3) is 0 Å². The Bertz CT molecular complexity index is 279. The van der Waals surface area contributed by atoms with Gasteiger partial charge in [-0.3, -0.25) is 0 Å². The summed E-state index contributed by atoms with van der Waals surface area (Å²) in [5, 5.41) is 3.26. The quantitative estimate of drug-likeness (QED) is 0.664. The monoisotopic (exact) mass is 286 g/mol. The summed E-state index contributed by atoms with van der Waals surface area (Å²) in [5.41, 5.74) is 0. The van der Waals surface area contributed by atoms with Crippen LogP contribution in [0.15, 0.2) is 0 Å². The summed E-state index contributed by atoms with van der Waals surface area (Å²) in [4.78, 5) is 0. The molecule has 7 heteroatoms. The lowest BCUT2D eigenvalue weighted by atomic mass is 10.0. The highest BCUT2D eigenvalue weighted by molar-refractivity contribution is 7.89. The number of ether oxygens (including phenoxy) is 1. The molecule has 0 aromatic heterocycles. The Morgan fingerprint density at radius 1 is 1.47 bits per heavy atom. The van der Waals surface area contributed by atoms with Crippen LogP contribution in [0.3, 0.4) is 0 Å². The van der Waals surface area contributed by atoms with E-state index in [0.29, 0.717) is 19.1 Å². The topological polar surface area (TPSA) is 67.4 Å². The molecular formula is C10H23ClN2O3S. The lowest BCUT2D eigenvalue weighted by Crippen LogP contribution is -2.39. The number of piperidine rings is 1. The van der Waals surface area contributed by atoms with Crippen LogP contribution < -0.4 is 10.0 Å². The molecular weight excluding hydrogens is 264 g/mol. The lowest BCUT2D eigenvalue weighted by molar-refractivity contribution is 0.163. The maximum absolute atomic E-state index is 11.5. The van der Waals surface area contributed by atoms with Crippen molar-refractivity contribution in [1.29, 1.82) is 0 Å². The Morgan fingerprint density at radius 2 is 2.24 bits per heavy atom. The number of nitrogens with one attached hydrogen (secondary N) is 2. The second kappa shape index (κ2) is 9.10. The molecule has 1 unspecified atom stereocenters. The molecule has 1 saturated heterocycles. The van der Waals surface area contributed by atoms with Gasteiger partial charge in [0.15, 0.2) is 0 Å². The van der Waals surface area contributed by atoms with Gasteiger partial charge in [-0.25, -0.2) is 13.1 Å². The number of hydrogen-bond acceptors (Lipinski definition) is 4. The standard InChI is InChI=1S/C10H22N2O3S.ClH/c1-2-15-6-7-16(13,14)12-9-10-4-3-5-11-8-10;/h10-12H,2-9H2,1H3;1H. The van der Waals surface area contributed by atoms with Gasteiger partial charge in [-0.1, -0.05) is 0 Å². The van der Waals surface area contributed by atoms with Crippen molar-refractivity contribution < 1.29 is 13.2 Å². The highest BCUT2D eigenvalue weighted by Crippen LogP contribution is 2.08. The van der Waals surface area contributed by atoms with Crippen LogP contribution in [0.2, 0.25) is 0 Å². The Hall–Kier alpha value is 0.120. The predicted molar refractivity (Wildman–Crippen MR) is 71.1 cm³/mol. The van der Waals surface area contributed by atoms with E-state index in [0.717, 1.165) is 25.9 Å². The smallest absolute Gasteiger partial charge is 0.213 e. The van der Waals surface area contributed by atoms with Gasteiger partial charge in [0.2, 0.25) is 10.0 Å². The molecule has 17 heavy (non-hydrogen) atoms. The molecule has 0 bridgehead atoms. The number of halogens is 1. The SMILES string of the molecule is CCOCCS(=O)(=O)NCC1CCCNC1.Cl. The second-order valence-electron chi connectivity index (χ2n) is 4.08. The molecule has 0 radical (unpaired) electrons. The van der Waals surface area contributed by atoms with Gasteiger partial charge in [0.05, 0.1) is 12.4 Å². The third kappa shape index (κ3) is 7.94. The summed E-state index contributed by atoms with van der Waals surface area (Å²) >= 11 is 0. The molecule has 1 fully saturated rings. The second-order valence-corrected chi connectivity index (χ2v) is 6.00. The van der Waals surface area contributed by atoms with E-state index < -0.39 is 10.0 Å². The third-order valence-electron chi connectivity index (χ3n) is 2.69. The molecule has 1 aliphatic rings. The summed E-state index contributed by atoms with van der Waals surface area (Å²) < 4.78 is 30.7. The minimum absolute atomic E-state index is 0. The van der Waals surface area contributed by atoms with Crippen LogP contribution in [0.1, 0.15) is 19.8 Å². The van der Waals surface area contributed by atoms with Crippen LogP contribution in [-0.2, 0) is 14.8 Å². The molecule has 104 valence electrons. The Morgan fingerprint density at radius 3 is 2.82 bits per heavy atom. The summed E-state index contributed by atoms with van der Waals surface area (Å²) in [6.07, 6.45) is 2.23. The molecule has 1 aliphatic heterocycles. The highest BCUT2D eigenvalue weighted by atomic mass is 35.5. The molecule has 5 nitrogen and oxygen atoms in total. The number of rotatable bonds is 7. The van der Waals surface area contributed by atoms with E-state index in [1.54, 1.807) is 0 Å². The van der Waals surface area contributed by atoms with E-state index >= 15 is 0 Å². The van der Waals surface area contributed by atoms with Gasteiger partial charge in [-0.15, -0.1) is 12.4 Å². The molecule has 0 aromatic carbocycles. The van der Waals surface area contributed by atoms with Gasteiger partial charge in [0, 0.05) is 13.2 Å². The molecule has 1 heterocycles. The fourth-order valence-corrected chi connectivity index (χ4v) is 2.70. The van der Waals surface area contributed by atoms with Gasteiger partial charge >= 0.3 is 0 Å². The maximum atomic E-state index is 11.5. The maximum Gasteiger partial charge on any atom is 0.213 e. The third-order valence-corrected chi connectivity index (χ3v) is 4.00. The molecule has 0 saturated carbocycles. The largest absolute Gasteiger partial charge is 0.381 e. The minimum Gasteiger partial charge on any atom is -0.381 e. The van der Waals surface area contributed by atoms with E-state index in [2.05, 4.69) is 10.0 Å². The van der Waals surface area contributed by atoms with Crippen molar-refractivity contribution in [1.82, 2.24) is 10.0 Å². The van der Waals surface area contributed by atoms with Gasteiger partial charge < -0.3 is 10.1 Å². The van der Waals surface area contributed by atoms with E-state index in [4.69, 9.17) is 4.74 Å². The zero-order chi connectivity index (χ0) is 11.9. The molecule has 0 amide bonds. The van der Waals surface area contributed by atoms with Crippen molar-refractivity contribution in [2.45, 2.75) is 19.8 Å². The van der Waals surface area contributed by atoms with Gasteiger partial charge in [0.1, 0.15) is 0 Å². The van der Waals surface area contributed by atoms with E-state index in [1.165, 1.54) is 0 Å². The molecule has 0 spiro atoms. The first-order chi connectivity index (χ1) is 7.64. The van der Waals surface area contributed by atoms with Crippen LogP contribution in [0.5, 0.6) is 0 Å². The summed E-state index contributed by atoms with van der Waals surface area (Å²) in [6.45, 7) is 5.19. The average molecular weight is 287 g/mol. The van der Waals surface area contributed by atoms with Crippen molar-refractivity contribution in [2.75, 3.05) is 38.6 Å². The zero-order valence-corrected chi connectivity index (χ0v) is 11.9. The Kier molecular flexibility index (Phi) is 9.17. The minimum atomic E-state index is -3.16. The van der Waals surface area contributed by atoms with Crippen molar-refractivity contribution in [3.63, 3.8) is 0 Å². The Labute approximate surface area is 110 Å². The molecule has 0 aromatic rings. The normalized spacial score (nSPS) is 20.9. The number of hydrogen-bond donors (Lipinski definition) is 2.